The van der Waals surface area contributed by atoms with Gasteiger partial charge in [-0.3, -0.25) is 14.4 Å². The number of allylic oxidation sites excluding steroid dienone is 4. The molecule has 4 aliphatic rings. The number of rotatable bonds is 12. The highest BCUT2D eigenvalue weighted by Crippen LogP contribution is 2.66. The van der Waals surface area contributed by atoms with Crippen molar-refractivity contribution in [2.45, 2.75) is 76.9 Å². The summed E-state index contributed by atoms with van der Waals surface area (Å²) in [6.45, 7) is 4.98. The lowest BCUT2D eigenvalue weighted by Crippen LogP contribution is -2.61. The van der Waals surface area contributed by atoms with Gasteiger partial charge in [-0.2, -0.15) is 0 Å². The molecule has 2 saturated carbocycles. The first kappa shape index (κ1) is 33.2. The van der Waals surface area contributed by atoms with E-state index in [0.717, 1.165) is 23.2 Å². The highest BCUT2D eigenvalue weighted by Gasteiger charge is 2.68. The van der Waals surface area contributed by atoms with Gasteiger partial charge in [0.15, 0.2) is 12.4 Å². The van der Waals surface area contributed by atoms with Crippen molar-refractivity contribution in [3.63, 3.8) is 0 Å². The first-order chi connectivity index (χ1) is 21.0. The van der Waals surface area contributed by atoms with Crippen LogP contribution in [0, 0.1) is 28.6 Å². The number of alkyl halides is 2. The molecular formula is C35H45Cl2NO6. The van der Waals surface area contributed by atoms with E-state index in [9.17, 15) is 24.6 Å². The Labute approximate surface area is 270 Å². The number of aliphatic hydroxyl groups is 2. The largest absolute Gasteiger partial charge is 0.458 e. The molecule has 0 saturated heterocycles. The van der Waals surface area contributed by atoms with Crippen molar-refractivity contribution in [3.05, 3.63) is 53.6 Å². The molecule has 1 aromatic carbocycles. The van der Waals surface area contributed by atoms with Gasteiger partial charge in [0.05, 0.1) is 6.10 Å². The van der Waals surface area contributed by atoms with Gasteiger partial charge in [-0.1, -0.05) is 43.7 Å². The summed E-state index contributed by atoms with van der Waals surface area (Å²) in [5.41, 5.74) is 0.304. The second kappa shape index (κ2) is 13.3. The molecule has 0 aliphatic heterocycles. The summed E-state index contributed by atoms with van der Waals surface area (Å²) in [4.78, 5) is 40.3. The number of carbonyl (C=O) groups excluding carboxylic acids is 3. The standard InChI is InChI=1S/C35H45Cl2NO6/c1-33-14-12-26(39)20-24(33)8-11-27-28-13-15-35(43,34(28,2)21-29(40)32(27)33)30(41)22-44-31(42)5-3-4-23-6-9-25(10-7-23)38(18-16-36)19-17-37/h6-10,12,14,27-29,32,40,43H,3-5,11,13,15-22H2,1-2H3/t27-,28-,29-,32+,33-,34-,35-/m0/s1. The average Bonchev–Trinajstić information content (AvgIpc) is 3.27. The number of esters is 1. The molecule has 44 heavy (non-hydrogen) atoms. The van der Waals surface area contributed by atoms with Crippen molar-refractivity contribution in [2.75, 3.05) is 36.4 Å². The number of Topliss-reactive ketones (excluding diaryl/α,β-unsaturated/α-hetero) is 1. The van der Waals surface area contributed by atoms with Crippen LogP contribution in [-0.4, -0.2) is 70.9 Å². The molecule has 0 heterocycles. The number of ether oxygens (including phenoxy) is 1. The van der Waals surface area contributed by atoms with Crippen LogP contribution >= 0.6 is 23.2 Å². The van der Waals surface area contributed by atoms with Gasteiger partial charge in [-0.05, 0) is 74.1 Å². The summed E-state index contributed by atoms with van der Waals surface area (Å²) in [6.07, 6.45) is 8.78. The van der Waals surface area contributed by atoms with Gasteiger partial charge < -0.3 is 19.8 Å². The van der Waals surface area contributed by atoms with E-state index in [2.05, 4.69) is 17.9 Å². The first-order valence-corrected chi connectivity index (χ1v) is 17.0. The number of aryl methyl sites for hydroxylation is 1. The third kappa shape index (κ3) is 6.02. The summed E-state index contributed by atoms with van der Waals surface area (Å²) in [5.74, 6) is 0.200. The number of hydrogen-bond acceptors (Lipinski definition) is 7. The van der Waals surface area contributed by atoms with Crippen LogP contribution in [0.1, 0.15) is 64.4 Å². The van der Waals surface area contributed by atoms with Gasteiger partial charge >= 0.3 is 5.97 Å². The van der Waals surface area contributed by atoms with Crippen LogP contribution in [0.15, 0.2) is 48.1 Å². The predicted molar refractivity (Wildman–Crippen MR) is 172 cm³/mol. The maximum absolute atomic E-state index is 13.5. The maximum atomic E-state index is 13.5. The fraction of sp³-hybridized carbons (Fsp3) is 0.629. The smallest absolute Gasteiger partial charge is 0.306 e. The van der Waals surface area contributed by atoms with Gasteiger partial charge in [0.2, 0.25) is 5.78 Å². The van der Waals surface area contributed by atoms with E-state index in [1.807, 2.05) is 37.3 Å². The molecule has 9 heteroatoms. The zero-order valence-electron chi connectivity index (χ0n) is 25.8. The van der Waals surface area contributed by atoms with Crippen molar-refractivity contribution < 1.29 is 29.3 Å². The van der Waals surface area contributed by atoms with E-state index in [0.29, 0.717) is 50.5 Å². The fourth-order valence-corrected chi connectivity index (χ4v) is 9.33. The van der Waals surface area contributed by atoms with Crippen LogP contribution in [-0.2, 0) is 25.5 Å². The lowest BCUT2D eigenvalue weighted by Gasteiger charge is -2.58. The van der Waals surface area contributed by atoms with Crippen LogP contribution in [0.4, 0.5) is 5.69 Å². The van der Waals surface area contributed by atoms with Crippen LogP contribution in [0.25, 0.3) is 0 Å². The van der Waals surface area contributed by atoms with Gasteiger partial charge in [0.25, 0.3) is 0 Å². The van der Waals surface area contributed by atoms with Crippen LogP contribution < -0.4 is 4.90 Å². The zero-order valence-corrected chi connectivity index (χ0v) is 27.3. The number of fused-ring (bicyclic) bond motifs is 5. The Bertz CT molecular complexity index is 1310. The minimum absolute atomic E-state index is 0.0320. The van der Waals surface area contributed by atoms with Gasteiger partial charge in [0, 0.05) is 60.1 Å². The van der Waals surface area contributed by atoms with E-state index in [1.54, 1.807) is 6.08 Å². The molecule has 7 atom stereocenters. The van der Waals surface area contributed by atoms with Crippen molar-refractivity contribution in [1.29, 1.82) is 0 Å². The number of halogens is 2. The van der Waals surface area contributed by atoms with Crippen molar-refractivity contribution >= 4 is 46.4 Å². The number of ketones is 2. The minimum atomic E-state index is -1.67. The van der Waals surface area contributed by atoms with E-state index < -0.39 is 40.9 Å². The minimum Gasteiger partial charge on any atom is -0.458 e. The molecule has 4 aliphatic carbocycles. The molecule has 5 rings (SSSR count). The van der Waals surface area contributed by atoms with Gasteiger partial charge in [-0.25, -0.2) is 0 Å². The SMILES string of the molecule is C[C@]12C=CC(=O)CC1=CC[C@@H]1[C@@H]2[C@@H](O)C[C@@]2(C)[C@H]1CC[C@]2(O)C(=O)COC(=O)CCCc1ccc(N(CCCl)CCCl)cc1. The van der Waals surface area contributed by atoms with Crippen LogP contribution in [0.3, 0.4) is 0 Å². The molecule has 7 nitrogen and oxygen atoms in total. The lowest BCUT2D eigenvalue weighted by atomic mass is 9.47. The second-order valence-electron chi connectivity index (χ2n) is 13.6. The van der Waals surface area contributed by atoms with Gasteiger partial charge in [-0.15, -0.1) is 23.2 Å². The Morgan fingerprint density at radius 2 is 1.82 bits per heavy atom. The first-order valence-electron chi connectivity index (χ1n) is 15.9. The highest BCUT2D eigenvalue weighted by molar-refractivity contribution is 6.18. The number of nitrogens with zero attached hydrogens (tertiary/aromatic N) is 1. The highest BCUT2D eigenvalue weighted by atomic mass is 35.5. The third-order valence-corrected chi connectivity index (χ3v) is 11.6. The van der Waals surface area contributed by atoms with E-state index >= 15 is 0 Å². The summed E-state index contributed by atoms with van der Waals surface area (Å²) < 4.78 is 5.39. The Kier molecular flexibility index (Phi) is 10.0. The molecule has 1 aromatic rings. The normalized spacial score (nSPS) is 34.0. The lowest BCUT2D eigenvalue weighted by molar-refractivity contribution is -0.179. The van der Waals surface area contributed by atoms with Crippen LogP contribution in [0.2, 0.25) is 0 Å². The molecule has 2 fully saturated rings. The monoisotopic (exact) mass is 645 g/mol. The summed E-state index contributed by atoms with van der Waals surface area (Å²) in [6, 6.07) is 8.12. The molecule has 0 aromatic heterocycles. The Hall–Kier alpha value is -2.19. The van der Waals surface area contributed by atoms with E-state index in [1.165, 1.54) is 0 Å². The predicted octanol–water partition coefficient (Wildman–Crippen LogP) is 5.42. The Morgan fingerprint density at radius 1 is 1.11 bits per heavy atom. The topological polar surface area (TPSA) is 104 Å². The number of hydrogen-bond donors (Lipinski definition) is 2. The number of aliphatic hydroxyl groups excluding tert-OH is 1. The molecule has 0 radical (unpaired) electrons. The summed E-state index contributed by atoms with van der Waals surface area (Å²) >= 11 is 11.8. The summed E-state index contributed by atoms with van der Waals surface area (Å²) in [5, 5.41) is 23.4. The number of benzene rings is 1. The van der Waals surface area contributed by atoms with E-state index in [-0.39, 0.29) is 42.8 Å². The Balaban J connectivity index is 1.15. The van der Waals surface area contributed by atoms with Gasteiger partial charge in [0.1, 0.15) is 5.60 Å². The molecule has 240 valence electrons. The molecule has 0 spiro atoms. The summed E-state index contributed by atoms with van der Waals surface area (Å²) in [7, 11) is 0. The third-order valence-electron chi connectivity index (χ3n) is 11.3. The molecule has 0 unspecified atom stereocenters. The molecule has 0 bridgehead atoms. The second-order valence-corrected chi connectivity index (χ2v) is 14.3. The fourth-order valence-electron chi connectivity index (χ4n) is 8.92. The maximum Gasteiger partial charge on any atom is 0.306 e. The molecule has 2 N–H and O–H groups in total. The van der Waals surface area contributed by atoms with Crippen molar-refractivity contribution in [1.82, 2.24) is 0 Å². The zero-order chi connectivity index (χ0) is 31.7. The Morgan fingerprint density at radius 3 is 2.50 bits per heavy atom. The van der Waals surface area contributed by atoms with Crippen molar-refractivity contribution in [2.24, 2.45) is 28.6 Å². The molecule has 0 amide bonds. The number of anilines is 1. The van der Waals surface area contributed by atoms with Crippen molar-refractivity contribution in [3.8, 4) is 0 Å². The quantitative estimate of drug-likeness (QED) is 0.178. The van der Waals surface area contributed by atoms with Crippen LogP contribution in [0.5, 0.6) is 0 Å². The average molecular weight is 647 g/mol. The number of carbonyl (C=O) groups is 3. The molecular weight excluding hydrogens is 601 g/mol. The van der Waals surface area contributed by atoms with E-state index in [4.69, 9.17) is 27.9 Å².